The second kappa shape index (κ2) is 5.25. The van der Waals surface area contributed by atoms with Crippen molar-refractivity contribution in [2.75, 3.05) is 6.61 Å². The number of pyridine rings is 1. The summed E-state index contributed by atoms with van der Waals surface area (Å²) in [6, 6.07) is 3.20. The Morgan fingerprint density at radius 1 is 1.65 bits per heavy atom. The van der Waals surface area contributed by atoms with Crippen LogP contribution in [0.15, 0.2) is 18.3 Å². The highest BCUT2D eigenvalue weighted by Gasteiger charge is 2.34. The Morgan fingerprint density at radius 3 is 3.00 bits per heavy atom. The number of halogens is 1. The number of aromatic nitrogens is 1. The lowest BCUT2D eigenvalue weighted by Crippen LogP contribution is -2.12. The predicted octanol–water partition coefficient (Wildman–Crippen LogP) is 2.67. The monoisotopic (exact) mass is 237 g/mol. The summed E-state index contributed by atoms with van der Waals surface area (Å²) >= 11 is 0. The summed E-state index contributed by atoms with van der Waals surface area (Å²) in [5.74, 6) is -0.133. The summed E-state index contributed by atoms with van der Waals surface area (Å²) < 4.78 is 18.0. The minimum Gasteiger partial charge on any atom is -0.466 e. The number of hydrogen-bond acceptors (Lipinski definition) is 3. The van der Waals surface area contributed by atoms with Gasteiger partial charge in [0.05, 0.1) is 13.0 Å². The van der Waals surface area contributed by atoms with Crippen LogP contribution in [0, 0.1) is 11.9 Å². The van der Waals surface area contributed by atoms with Crippen LogP contribution in [0.3, 0.4) is 0 Å². The molecule has 1 aromatic heterocycles. The van der Waals surface area contributed by atoms with E-state index in [1.165, 1.54) is 12.3 Å². The minimum absolute atomic E-state index is 0.0755. The molecule has 4 heteroatoms. The van der Waals surface area contributed by atoms with Gasteiger partial charge in [0, 0.05) is 6.20 Å². The molecule has 1 atom stereocenters. The molecule has 0 bridgehead atoms. The molecule has 1 heterocycles. The van der Waals surface area contributed by atoms with E-state index in [-0.39, 0.29) is 11.9 Å². The Balaban J connectivity index is 2.09. The molecule has 1 saturated carbocycles. The van der Waals surface area contributed by atoms with E-state index in [0.29, 0.717) is 18.9 Å². The van der Waals surface area contributed by atoms with E-state index in [1.807, 2.05) is 0 Å². The maximum absolute atomic E-state index is 13.1. The molecule has 0 radical (unpaired) electrons. The molecule has 0 spiro atoms. The van der Waals surface area contributed by atoms with Gasteiger partial charge in [0.2, 0.25) is 5.95 Å². The average Bonchev–Trinajstić information content (AvgIpc) is 3.10. The summed E-state index contributed by atoms with van der Waals surface area (Å²) in [5, 5.41) is 0. The highest BCUT2D eigenvalue weighted by molar-refractivity contribution is 5.70. The lowest BCUT2D eigenvalue weighted by Gasteiger charge is -2.15. The molecule has 1 aliphatic rings. The fraction of sp³-hybridized carbons (Fsp3) is 0.538. The molecule has 17 heavy (non-hydrogen) atoms. The second-order valence-corrected chi connectivity index (χ2v) is 4.36. The van der Waals surface area contributed by atoms with E-state index < -0.39 is 5.95 Å². The van der Waals surface area contributed by atoms with Crippen molar-refractivity contribution in [1.82, 2.24) is 4.98 Å². The maximum atomic E-state index is 13.1. The number of hydrogen-bond donors (Lipinski definition) is 0. The summed E-state index contributed by atoms with van der Waals surface area (Å²) in [4.78, 5) is 15.0. The highest BCUT2D eigenvalue weighted by Crippen LogP contribution is 2.44. The summed E-state index contributed by atoms with van der Waals surface area (Å²) in [6.07, 6.45) is 4.00. The Hall–Kier alpha value is -1.45. The van der Waals surface area contributed by atoms with Crippen molar-refractivity contribution in [1.29, 1.82) is 0 Å². The SMILES string of the molecule is CCOC(=O)C[C@H](c1ccnc(F)c1)C1CC1. The molecule has 0 N–H and O–H groups in total. The Kier molecular flexibility index (Phi) is 3.71. The summed E-state index contributed by atoms with van der Waals surface area (Å²) in [7, 11) is 0. The molecule has 1 fully saturated rings. The van der Waals surface area contributed by atoms with Crippen LogP contribution < -0.4 is 0 Å². The second-order valence-electron chi connectivity index (χ2n) is 4.36. The number of rotatable bonds is 5. The quantitative estimate of drug-likeness (QED) is 0.583. The molecule has 0 amide bonds. The van der Waals surface area contributed by atoms with Crippen molar-refractivity contribution in [2.24, 2.45) is 5.92 Å². The zero-order chi connectivity index (χ0) is 12.3. The average molecular weight is 237 g/mol. The number of carbonyl (C=O) groups is 1. The highest BCUT2D eigenvalue weighted by atomic mass is 19.1. The molecule has 0 aliphatic heterocycles. The van der Waals surface area contributed by atoms with Crippen molar-refractivity contribution in [3.8, 4) is 0 Å². The van der Waals surface area contributed by atoms with Crippen molar-refractivity contribution in [3.63, 3.8) is 0 Å². The van der Waals surface area contributed by atoms with E-state index in [1.54, 1.807) is 13.0 Å². The van der Waals surface area contributed by atoms with Crippen LogP contribution in [0.2, 0.25) is 0 Å². The van der Waals surface area contributed by atoms with E-state index in [2.05, 4.69) is 4.98 Å². The maximum Gasteiger partial charge on any atom is 0.306 e. The lowest BCUT2D eigenvalue weighted by atomic mass is 9.92. The van der Waals surface area contributed by atoms with Crippen molar-refractivity contribution < 1.29 is 13.9 Å². The lowest BCUT2D eigenvalue weighted by molar-refractivity contribution is -0.143. The van der Waals surface area contributed by atoms with Gasteiger partial charge < -0.3 is 4.74 Å². The van der Waals surface area contributed by atoms with Gasteiger partial charge in [0.15, 0.2) is 0 Å². The molecule has 0 aromatic carbocycles. The summed E-state index contributed by atoms with van der Waals surface area (Å²) in [5.41, 5.74) is 0.855. The van der Waals surface area contributed by atoms with Gasteiger partial charge in [0.25, 0.3) is 0 Å². The first-order chi connectivity index (χ1) is 8.20. The standard InChI is InChI=1S/C13H16FNO2/c1-2-17-13(16)8-11(9-3-4-9)10-5-6-15-12(14)7-10/h5-7,9,11H,2-4,8H2,1H3/t11-/m0/s1. The third kappa shape index (κ3) is 3.25. The van der Waals surface area contributed by atoms with Crippen molar-refractivity contribution in [3.05, 3.63) is 29.8 Å². The molecule has 0 unspecified atom stereocenters. The number of esters is 1. The van der Waals surface area contributed by atoms with E-state index in [0.717, 1.165) is 18.4 Å². The molecular formula is C13H16FNO2. The molecule has 3 nitrogen and oxygen atoms in total. The van der Waals surface area contributed by atoms with Crippen LogP contribution in [-0.2, 0) is 9.53 Å². The van der Waals surface area contributed by atoms with Crippen LogP contribution in [0.1, 0.15) is 37.7 Å². The van der Waals surface area contributed by atoms with Gasteiger partial charge in [-0.2, -0.15) is 4.39 Å². The molecule has 92 valence electrons. The zero-order valence-electron chi connectivity index (χ0n) is 9.86. The zero-order valence-corrected chi connectivity index (χ0v) is 9.86. The topological polar surface area (TPSA) is 39.2 Å². The van der Waals surface area contributed by atoms with Crippen molar-refractivity contribution in [2.45, 2.75) is 32.1 Å². The first-order valence-corrected chi connectivity index (χ1v) is 5.97. The molecule has 1 aliphatic carbocycles. The first kappa shape index (κ1) is 12.0. The number of nitrogens with zero attached hydrogens (tertiary/aromatic N) is 1. The Morgan fingerprint density at radius 2 is 2.41 bits per heavy atom. The van der Waals surface area contributed by atoms with E-state index in [9.17, 15) is 9.18 Å². The van der Waals surface area contributed by atoms with Crippen molar-refractivity contribution >= 4 is 5.97 Å². The first-order valence-electron chi connectivity index (χ1n) is 5.97. The van der Waals surface area contributed by atoms with E-state index in [4.69, 9.17) is 4.74 Å². The fourth-order valence-electron chi connectivity index (χ4n) is 2.10. The van der Waals surface area contributed by atoms with Gasteiger partial charge in [0.1, 0.15) is 0 Å². The van der Waals surface area contributed by atoms with Crippen LogP contribution in [-0.4, -0.2) is 17.6 Å². The van der Waals surface area contributed by atoms with Gasteiger partial charge in [-0.3, -0.25) is 4.79 Å². The smallest absolute Gasteiger partial charge is 0.306 e. The van der Waals surface area contributed by atoms with Gasteiger partial charge in [-0.05, 0) is 49.3 Å². The minimum atomic E-state index is -0.489. The fourth-order valence-corrected chi connectivity index (χ4v) is 2.10. The third-order valence-corrected chi connectivity index (χ3v) is 3.06. The molecule has 0 saturated heterocycles. The largest absolute Gasteiger partial charge is 0.466 e. The number of carbonyl (C=O) groups excluding carboxylic acids is 1. The molecular weight excluding hydrogens is 221 g/mol. The third-order valence-electron chi connectivity index (χ3n) is 3.06. The van der Waals surface area contributed by atoms with Gasteiger partial charge in [-0.1, -0.05) is 0 Å². The predicted molar refractivity (Wildman–Crippen MR) is 60.9 cm³/mol. The van der Waals surface area contributed by atoms with Gasteiger partial charge in [-0.25, -0.2) is 4.98 Å². The van der Waals surface area contributed by atoms with Crippen LogP contribution in [0.4, 0.5) is 4.39 Å². The van der Waals surface area contributed by atoms with Crippen LogP contribution in [0.25, 0.3) is 0 Å². The van der Waals surface area contributed by atoms with Crippen LogP contribution in [0.5, 0.6) is 0 Å². The molecule has 2 rings (SSSR count). The van der Waals surface area contributed by atoms with Gasteiger partial charge >= 0.3 is 5.97 Å². The van der Waals surface area contributed by atoms with E-state index >= 15 is 0 Å². The summed E-state index contributed by atoms with van der Waals surface area (Å²) in [6.45, 7) is 2.18. The Bertz CT molecular complexity index is 404. The van der Waals surface area contributed by atoms with Crippen LogP contribution >= 0.6 is 0 Å². The Labute approximate surface area is 100 Å². The normalized spacial score (nSPS) is 16.6. The van der Waals surface area contributed by atoms with Gasteiger partial charge in [-0.15, -0.1) is 0 Å². The number of ether oxygens (including phenoxy) is 1. The molecule has 1 aromatic rings.